The standard InChI is InChI=1S/C15H21ClF2N2.2ClH/c1-10(2)7-14(20-5-3-19-4-6-20)15-12(17)8-11(16)9-13(15)18;;/h8-10,14,19H,3-7H2,1-2H3;2*1H/t14-;;/m0../s1. The molecule has 22 heavy (non-hydrogen) atoms. The third-order valence-corrected chi connectivity index (χ3v) is 3.88. The molecule has 0 radical (unpaired) electrons. The van der Waals surface area contributed by atoms with Gasteiger partial charge in [0.25, 0.3) is 0 Å². The van der Waals surface area contributed by atoms with Crippen LogP contribution < -0.4 is 5.32 Å². The normalized spacial score (nSPS) is 16.8. The Bertz CT molecular complexity index is 443. The molecule has 0 amide bonds. The van der Waals surface area contributed by atoms with Gasteiger partial charge >= 0.3 is 0 Å². The molecular weight excluding hydrogens is 353 g/mol. The summed E-state index contributed by atoms with van der Waals surface area (Å²) in [6.07, 6.45) is 0.732. The van der Waals surface area contributed by atoms with Crippen LogP contribution in [0.3, 0.4) is 0 Å². The first-order valence-corrected chi connectivity index (χ1v) is 7.46. The summed E-state index contributed by atoms with van der Waals surface area (Å²) in [6.45, 7) is 7.45. The lowest BCUT2D eigenvalue weighted by atomic mass is 9.94. The zero-order valence-corrected chi connectivity index (χ0v) is 15.1. The van der Waals surface area contributed by atoms with Gasteiger partial charge in [-0.1, -0.05) is 25.4 Å². The van der Waals surface area contributed by atoms with Crippen LogP contribution in [0.15, 0.2) is 12.1 Å². The number of nitrogens with zero attached hydrogens (tertiary/aromatic N) is 1. The Morgan fingerprint density at radius 1 is 1.14 bits per heavy atom. The van der Waals surface area contributed by atoms with E-state index in [1.165, 1.54) is 12.1 Å². The molecule has 2 rings (SSSR count). The quantitative estimate of drug-likeness (QED) is 0.836. The van der Waals surface area contributed by atoms with E-state index in [0.717, 1.165) is 32.6 Å². The monoisotopic (exact) mass is 374 g/mol. The number of hydrogen-bond donors (Lipinski definition) is 1. The van der Waals surface area contributed by atoms with E-state index in [1.807, 2.05) is 0 Å². The van der Waals surface area contributed by atoms with E-state index in [1.54, 1.807) is 0 Å². The molecule has 7 heteroatoms. The molecule has 1 fully saturated rings. The van der Waals surface area contributed by atoms with E-state index in [4.69, 9.17) is 11.6 Å². The summed E-state index contributed by atoms with van der Waals surface area (Å²) in [5.74, 6) is -0.720. The van der Waals surface area contributed by atoms with Gasteiger partial charge in [-0.25, -0.2) is 8.78 Å². The molecule has 0 aromatic heterocycles. The average Bonchev–Trinajstić information content (AvgIpc) is 2.37. The SMILES string of the molecule is CC(C)C[C@@H](c1c(F)cc(Cl)cc1F)N1CCNCC1.Cl.Cl. The number of nitrogens with one attached hydrogen (secondary N) is 1. The van der Waals surface area contributed by atoms with Crippen LogP contribution in [0, 0.1) is 17.6 Å². The van der Waals surface area contributed by atoms with Gasteiger partial charge in [-0.3, -0.25) is 4.90 Å². The van der Waals surface area contributed by atoms with Crippen molar-refractivity contribution >= 4 is 36.4 Å². The predicted octanol–water partition coefficient (Wildman–Crippen LogP) is 4.45. The summed E-state index contributed by atoms with van der Waals surface area (Å²) >= 11 is 5.71. The Morgan fingerprint density at radius 2 is 1.64 bits per heavy atom. The average molecular weight is 376 g/mol. The van der Waals surface area contributed by atoms with Crippen molar-refractivity contribution in [1.29, 1.82) is 0 Å². The van der Waals surface area contributed by atoms with Crippen LogP contribution in [0.2, 0.25) is 5.02 Å². The van der Waals surface area contributed by atoms with Crippen LogP contribution in [0.5, 0.6) is 0 Å². The smallest absolute Gasteiger partial charge is 0.132 e. The third-order valence-electron chi connectivity index (χ3n) is 3.66. The largest absolute Gasteiger partial charge is 0.314 e. The molecule has 0 unspecified atom stereocenters. The first kappa shape index (κ1) is 21.9. The number of piperazine rings is 1. The highest BCUT2D eigenvalue weighted by atomic mass is 35.5. The van der Waals surface area contributed by atoms with Crippen molar-refractivity contribution in [3.05, 3.63) is 34.4 Å². The highest BCUT2D eigenvalue weighted by Crippen LogP contribution is 2.33. The van der Waals surface area contributed by atoms with Gasteiger partial charge in [0.15, 0.2) is 0 Å². The first-order valence-electron chi connectivity index (χ1n) is 7.08. The summed E-state index contributed by atoms with van der Waals surface area (Å²) in [5.41, 5.74) is 0.157. The van der Waals surface area contributed by atoms with E-state index in [2.05, 4.69) is 24.1 Å². The highest BCUT2D eigenvalue weighted by Gasteiger charge is 2.28. The van der Waals surface area contributed by atoms with E-state index < -0.39 is 11.6 Å². The van der Waals surface area contributed by atoms with Gasteiger partial charge in [-0.2, -0.15) is 0 Å². The summed E-state index contributed by atoms with van der Waals surface area (Å²) < 4.78 is 28.4. The molecule has 0 bridgehead atoms. The van der Waals surface area contributed by atoms with Crippen molar-refractivity contribution in [2.24, 2.45) is 5.92 Å². The van der Waals surface area contributed by atoms with Crippen molar-refractivity contribution in [2.75, 3.05) is 26.2 Å². The Kier molecular flexibility index (Phi) is 9.83. The maximum atomic E-state index is 14.2. The summed E-state index contributed by atoms with van der Waals surface area (Å²) in [4.78, 5) is 2.16. The Labute approximate surface area is 148 Å². The lowest BCUT2D eigenvalue weighted by Crippen LogP contribution is -2.45. The summed E-state index contributed by atoms with van der Waals surface area (Å²) in [5, 5.41) is 3.37. The Balaban J connectivity index is 0.00000220. The molecule has 128 valence electrons. The van der Waals surface area contributed by atoms with Gasteiger partial charge in [0.2, 0.25) is 0 Å². The Hall–Kier alpha value is -0.130. The molecule has 1 N–H and O–H groups in total. The molecule has 1 aromatic rings. The van der Waals surface area contributed by atoms with Crippen LogP contribution in [-0.2, 0) is 0 Å². The Morgan fingerprint density at radius 3 is 2.09 bits per heavy atom. The van der Waals surface area contributed by atoms with Crippen molar-refractivity contribution in [2.45, 2.75) is 26.3 Å². The number of hydrogen-bond acceptors (Lipinski definition) is 2. The van der Waals surface area contributed by atoms with E-state index in [-0.39, 0.29) is 41.4 Å². The zero-order valence-electron chi connectivity index (χ0n) is 12.7. The fourth-order valence-electron chi connectivity index (χ4n) is 2.76. The van der Waals surface area contributed by atoms with Gasteiger partial charge in [0, 0.05) is 42.8 Å². The minimum absolute atomic E-state index is 0. The predicted molar refractivity (Wildman–Crippen MR) is 92.5 cm³/mol. The second-order valence-electron chi connectivity index (χ2n) is 5.71. The van der Waals surface area contributed by atoms with Crippen LogP contribution in [-0.4, -0.2) is 31.1 Å². The summed E-state index contributed by atoms with van der Waals surface area (Å²) in [6, 6.07) is 2.18. The molecule has 1 saturated heterocycles. The molecule has 0 saturated carbocycles. The second kappa shape index (κ2) is 9.89. The zero-order chi connectivity index (χ0) is 14.7. The van der Waals surface area contributed by atoms with Crippen LogP contribution in [0.1, 0.15) is 31.9 Å². The molecule has 2 nitrogen and oxygen atoms in total. The summed E-state index contributed by atoms with van der Waals surface area (Å²) in [7, 11) is 0. The minimum atomic E-state index is -0.542. The van der Waals surface area contributed by atoms with Crippen molar-refractivity contribution < 1.29 is 8.78 Å². The molecule has 1 aliphatic heterocycles. The van der Waals surface area contributed by atoms with Gasteiger partial charge < -0.3 is 5.32 Å². The molecule has 0 spiro atoms. The first-order chi connectivity index (χ1) is 9.49. The van der Waals surface area contributed by atoms with Gasteiger partial charge in [-0.05, 0) is 24.5 Å². The van der Waals surface area contributed by atoms with Crippen LogP contribution in [0.4, 0.5) is 8.78 Å². The second-order valence-corrected chi connectivity index (χ2v) is 6.15. The van der Waals surface area contributed by atoms with E-state index in [9.17, 15) is 8.78 Å². The number of rotatable bonds is 4. The molecule has 1 atom stereocenters. The highest BCUT2D eigenvalue weighted by molar-refractivity contribution is 6.30. The van der Waals surface area contributed by atoms with Gasteiger partial charge in [-0.15, -0.1) is 24.8 Å². The van der Waals surface area contributed by atoms with E-state index >= 15 is 0 Å². The number of halogens is 5. The molecule has 1 aliphatic rings. The van der Waals surface area contributed by atoms with Crippen LogP contribution >= 0.6 is 36.4 Å². The van der Waals surface area contributed by atoms with Crippen molar-refractivity contribution in [3.8, 4) is 0 Å². The lowest BCUT2D eigenvalue weighted by Gasteiger charge is -2.36. The van der Waals surface area contributed by atoms with Crippen molar-refractivity contribution in [3.63, 3.8) is 0 Å². The topological polar surface area (TPSA) is 15.3 Å². The molecule has 1 aromatic carbocycles. The van der Waals surface area contributed by atoms with Gasteiger partial charge in [0.05, 0.1) is 0 Å². The van der Waals surface area contributed by atoms with Gasteiger partial charge in [0.1, 0.15) is 11.6 Å². The van der Waals surface area contributed by atoms with Crippen LogP contribution in [0.25, 0.3) is 0 Å². The van der Waals surface area contributed by atoms with Crippen molar-refractivity contribution in [1.82, 2.24) is 10.2 Å². The molecular formula is C15H23Cl3F2N2. The fourth-order valence-corrected chi connectivity index (χ4v) is 2.95. The maximum Gasteiger partial charge on any atom is 0.132 e. The minimum Gasteiger partial charge on any atom is -0.314 e. The molecule has 1 heterocycles. The van der Waals surface area contributed by atoms with E-state index in [0.29, 0.717) is 5.92 Å². The lowest BCUT2D eigenvalue weighted by molar-refractivity contribution is 0.147. The maximum absolute atomic E-state index is 14.2. The fraction of sp³-hybridized carbons (Fsp3) is 0.600. The molecule has 0 aliphatic carbocycles. The third kappa shape index (κ3) is 5.50. The number of benzene rings is 1.